The lowest BCUT2D eigenvalue weighted by molar-refractivity contribution is -0.454. The van der Waals surface area contributed by atoms with E-state index in [0.717, 1.165) is 23.9 Å². The van der Waals surface area contributed by atoms with Gasteiger partial charge in [0.15, 0.2) is 0 Å². The van der Waals surface area contributed by atoms with Gasteiger partial charge in [0.05, 0.1) is 6.54 Å². The molecule has 0 amide bonds. The van der Waals surface area contributed by atoms with E-state index in [1.807, 2.05) is 0 Å². The van der Waals surface area contributed by atoms with Gasteiger partial charge in [0.2, 0.25) is 0 Å². The Morgan fingerprint density at radius 3 is 2.67 bits per heavy atom. The second-order valence-electron chi connectivity index (χ2n) is 1.72. The van der Waals surface area contributed by atoms with E-state index in [4.69, 9.17) is 5.73 Å². The third kappa shape index (κ3) is 5.69. The lowest BCUT2D eigenvalue weighted by Gasteiger charge is -1.88. The molecule has 3 heteroatoms. The van der Waals surface area contributed by atoms with Crippen molar-refractivity contribution < 1.29 is 4.99 Å². The van der Waals surface area contributed by atoms with Crippen LogP contribution in [-0.4, -0.2) is 17.5 Å². The lowest BCUT2D eigenvalue weighted by Crippen LogP contribution is -2.74. The fourth-order valence-corrected chi connectivity index (χ4v) is 0.970. The van der Waals surface area contributed by atoms with Crippen molar-refractivity contribution in [1.82, 2.24) is 0 Å². The molecule has 0 aromatic rings. The standard InChI is InChI=1S/C6H14N2S/c1-3-5-8-6(7)9-4-2/h3-5H2,1-2H3,(H2,7,8)/p+1. The van der Waals surface area contributed by atoms with Gasteiger partial charge in [0, 0.05) is 5.75 Å². The minimum Gasteiger partial charge on any atom is -0.282 e. The summed E-state index contributed by atoms with van der Waals surface area (Å²) in [6.07, 6.45) is 1.13. The van der Waals surface area contributed by atoms with Crippen molar-refractivity contribution in [1.29, 1.82) is 0 Å². The molecule has 0 saturated carbocycles. The van der Waals surface area contributed by atoms with Crippen molar-refractivity contribution in [3.8, 4) is 0 Å². The van der Waals surface area contributed by atoms with Gasteiger partial charge >= 0.3 is 5.17 Å². The molecule has 0 spiro atoms. The maximum absolute atomic E-state index is 5.54. The largest absolute Gasteiger partial charge is 0.301 e. The molecule has 0 saturated heterocycles. The van der Waals surface area contributed by atoms with Crippen LogP contribution in [0.5, 0.6) is 0 Å². The van der Waals surface area contributed by atoms with E-state index < -0.39 is 0 Å². The predicted octanol–water partition coefficient (Wildman–Crippen LogP) is -0.455. The Bertz CT molecular complexity index is 91.1. The zero-order valence-corrected chi connectivity index (χ0v) is 6.92. The number of hydrogen-bond acceptors (Lipinski definition) is 1. The second kappa shape index (κ2) is 5.95. The molecule has 0 fully saturated rings. The van der Waals surface area contributed by atoms with Gasteiger partial charge in [-0.3, -0.25) is 10.7 Å². The molecule has 9 heavy (non-hydrogen) atoms. The number of hydrogen-bond donors (Lipinski definition) is 2. The normalized spacial score (nSPS) is 12.0. The molecule has 0 atom stereocenters. The molecule has 2 nitrogen and oxygen atoms in total. The summed E-state index contributed by atoms with van der Waals surface area (Å²) in [7, 11) is 0. The van der Waals surface area contributed by atoms with Gasteiger partial charge in [-0.2, -0.15) is 0 Å². The Morgan fingerprint density at radius 1 is 1.56 bits per heavy atom. The molecule has 0 unspecified atom stereocenters. The highest BCUT2D eigenvalue weighted by Crippen LogP contribution is 1.90. The summed E-state index contributed by atoms with van der Waals surface area (Å²) in [5.41, 5.74) is 5.54. The number of thioether (sulfide) groups is 1. The van der Waals surface area contributed by atoms with Crippen LogP contribution in [0.3, 0.4) is 0 Å². The fraction of sp³-hybridized carbons (Fsp3) is 0.833. The van der Waals surface area contributed by atoms with Crippen LogP contribution in [0.15, 0.2) is 0 Å². The molecule has 0 aromatic heterocycles. The third-order valence-electron chi connectivity index (χ3n) is 0.849. The smallest absolute Gasteiger partial charge is 0.282 e. The van der Waals surface area contributed by atoms with Crippen LogP contribution in [-0.2, 0) is 0 Å². The Balaban J connectivity index is 3.30. The van der Waals surface area contributed by atoms with E-state index in [0.29, 0.717) is 0 Å². The molecule has 54 valence electrons. The van der Waals surface area contributed by atoms with Crippen LogP contribution < -0.4 is 10.7 Å². The van der Waals surface area contributed by atoms with Crippen molar-refractivity contribution in [2.75, 3.05) is 12.3 Å². The van der Waals surface area contributed by atoms with E-state index in [-0.39, 0.29) is 0 Å². The molecule has 3 N–H and O–H groups in total. The van der Waals surface area contributed by atoms with Crippen molar-refractivity contribution in [3.63, 3.8) is 0 Å². The first-order valence-electron chi connectivity index (χ1n) is 3.30. The summed E-state index contributed by atoms with van der Waals surface area (Å²) < 4.78 is 0. The second-order valence-corrected chi connectivity index (χ2v) is 3.03. The van der Waals surface area contributed by atoms with E-state index >= 15 is 0 Å². The average Bonchev–Trinajstić information content (AvgIpc) is 1.85. The topological polar surface area (TPSA) is 40.0 Å². The molecular formula is C6H15N2S+. The number of nitrogens with one attached hydrogen (secondary N) is 1. The summed E-state index contributed by atoms with van der Waals surface area (Å²) in [6, 6.07) is 0. The SMILES string of the molecule is CCC[NH+]=C(N)SCC. The van der Waals surface area contributed by atoms with Gasteiger partial charge in [-0.05, 0) is 18.2 Å². The van der Waals surface area contributed by atoms with E-state index in [2.05, 4.69) is 18.8 Å². The monoisotopic (exact) mass is 147 g/mol. The van der Waals surface area contributed by atoms with Gasteiger partial charge < -0.3 is 0 Å². The van der Waals surface area contributed by atoms with Gasteiger partial charge in [-0.1, -0.05) is 13.8 Å². The highest BCUT2D eigenvalue weighted by atomic mass is 32.2. The number of nitrogens with two attached hydrogens (primary N) is 1. The Labute approximate surface area is 60.9 Å². The minimum absolute atomic E-state index is 0.847. The first-order chi connectivity index (χ1) is 4.31. The minimum atomic E-state index is 0.847. The Kier molecular flexibility index (Phi) is 5.83. The van der Waals surface area contributed by atoms with Crippen molar-refractivity contribution in [2.45, 2.75) is 20.3 Å². The number of rotatable bonds is 3. The Hall–Kier alpha value is -0.180. The molecule has 0 aliphatic heterocycles. The summed E-state index contributed by atoms with van der Waals surface area (Å²) >= 11 is 1.65. The van der Waals surface area contributed by atoms with Crippen LogP contribution in [0.4, 0.5) is 0 Å². The zero-order chi connectivity index (χ0) is 7.11. The highest BCUT2D eigenvalue weighted by molar-refractivity contribution is 8.13. The quantitative estimate of drug-likeness (QED) is 0.419. The fourth-order valence-electron chi connectivity index (χ4n) is 0.455. The third-order valence-corrected chi connectivity index (χ3v) is 1.59. The maximum Gasteiger partial charge on any atom is 0.301 e. The first kappa shape index (κ1) is 8.82. The molecule has 0 heterocycles. The first-order valence-corrected chi connectivity index (χ1v) is 4.28. The van der Waals surface area contributed by atoms with Crippen LogP contribution in [0.1, 0.15) is 20.3 Å². The number of amidine groups is 1. The van der Waals surface area contributed by atoms with Crippen molar-refractivity contribution in [3.05, 3.63) is 0 Å². The summed E-state index contributed by atoms with van der Waals surface area (Å²) in [4.78, 5) is 3.09. The predicted molar refractivity (Wildman–Crippen MR) is 43.4 cm³/mol. The molecule has 0 aromatic carbocycles. The summed E-state index contributed by atoms with van der Waals surface area (Å²) in [5.74, 6) is 1.04. The molecular weight excluding hydrogens is 132 g/mol. The summed E-state index contributed by atoms with van der Waals surface area (Å²) in [5, 5.41) is 0.847. The van der Waals surface area contributed by atoms with Crippen LogP contribution in [0.2, 0.25) is 0 Å². The summed E-state index contributed by atoms with van der Waals surface area (Å²) in [6.45, 7) is 5.20. The molecule has 0 rings (SSSR count). The van der Waals surface area contributed by atoms with Crippen LogP contribution >= 0.6 is 11.8 Å². The maximum atomic E-state index is 5.54. The lowest BCUT2D eigenvalue weighted by atomic mass is 10.5. The Morgan fingerprint density at radius 2 is 2.22 bits per heavy atom. The van der Waals surface area contributed by atoms with Crippen LogP contribution in [0, 0.1) is 0 Å². The van der Waals surface area contributed by atoms with Gasteiger partial charge in [-0.15, -0.1) is 0 Å². The average molecular weight is 147 g/mol. The van der Waals surface area contributed by atoms with Gasteiger partial charge in [0.1, 0.15) is 0 Å². The van der Waals surface area contributed by atoms with Crippen LogP contribution in [0.25, 0.3) is 0 Å². The van der Waals surface area contributed by atoms with Crippen molar-refractivity contribution >= 4 is 16.9 Å². The molecule has 0 radical (unpaired) electrons. The molecule has 0 bridgehead atoms. The van der Waals surface area contributed by atoms with Gasteiger partial charge in [-0.25, -0.2) is 0 Å². The molecule has 0 aliphatic carbocycles. The van der Waals surface area contributed by atoms with Gasteiger partial charge in [0.25, 0.3) is 0 Å². The zero-order valence-electron chi connectivity index (χ0n) is 6.11. The van der Waals surface area contributed by atoms with E-state index in [1.54, 1.807) is 11.8 Å². The molecule has 0 aliphatic rings. The van der Waals surface area contributed by atoms with E-state index in [9.17, 15) is 0 Å². The van der Waals surface area contributed by atoms with Crippen molar-refractivity contribution in [2.24, 2.45) is 5.73 Å². The van der Waals surface area contributed by atoms with E-state index in [1.165, 1.54) is 0 Å². The highest BCUT2D eigenvalue weighted by Gasteiger charge is 1.93.